The summed E-state index contributed by atoms with van der Waals surface area (Å²) in [6, 6.07) is 7.78. The van der Waals surface area contributed by atoms with E-state index in [0.29, 0.717) is 37.1 Å². The van der Waals surface area contributed by atoms with Crippen molar-refractivity contribution in [3.63, 3.8) is 0 Å². The topological polar surface area (TPSA) is 96.5 Å². The summed E-state index contributed by atoms with van der Waals surface area (Å²) >= 11 is 0. The van der Waals surface area contributed by atoms with E-state index in [4.69, 9.17) is 9.47 Å². The highest BCUT2D eigenvalue weighted by Crippen LogP contribution is 2.47. The van der Waals surface area contributed by atoms with E-state index in [-0.39, 0.29) is 24.3 Å². The van der Waals surface area contributed by atoms with Crippen molar-refractivity contribution in [1.29, 1.82) is 0 Å². The molecule has 29 heavy (non-hydrogen) atoms. The minimum atomic E-state index is -0.450. The minimum Gasteiger partial charge on any atom is -0.459 e. The number of nitrogens with zero attached hydrogens (tertiary/aromatic N) is 1. The number of hydrogen-bond donors (Lipinski definition) is 3. The second kappa shape index (κ2) is 8.97. The second-order valence-corrected chi connectivity index (χ2v) is 7.80. The van der Waals surface area contributed by atoms with Gasteiger partial charge in [0.25, 0.3) is 5.91 Å². The van der Waals surface area contributed by atoms with Gasteiger partial charge in [0.1, 0.15) is 5.82 Å². The van der Waals surface area contributed by atoms with Crippen molar-refractivity contribution in [3.8, 4) is 0 Å². The number of nitrogens with one attached hydrogen (secondary N) is 2. The van der Waals surface area contributed by atoms with Crippen LogP contribution in [0.15, 0.2) is 36.1 Å². The number of aliphatic hydroxyl groups excluding tert-OH is 1. The van der Waals surface area contributed by atoms with E-state index in [1.807, 2.05) is 37.3 Å². The van der Waals surface area contributed by atoms with Gasteiger partial charge in [0.2, 0.25) is 6.29 Å². The Morgan fingerprint density at radius 1 is 1.38 bits per heavy atom. The summed E-state index contributed by atoms with van der Waals surface area (Å²) < 4.78 is 11.8. The minimum absolute atomic E-state index is 0.154. The summed E-state index contributed by atoms with van der Waals surface area (Å²) in [4.78, 5) is 20.5. The van der Waals surface area contributed by atoms with E-state index < -0.39 is 6.29 Å². The van der Waals surface area contributed by atoms with Crippen LogP contribution < -0.4 is 5.32 Å². The molecule has 1 fully saturated rings. The summed E-state index contributed by atoms with van der Waals surface area (Å²) in [5.41, 5.74) is 1.82. The van der Waals surface area contributed by atoms with Crippen molar-refractivity contribution < 1.29 is 19.4 Å². The maximum atomic E-state index is 12.8. The van der Waals surface area contributed by atoms with E-state index in [0.717, 1.165) is 17.5 Å². The van der Waals surface area contributed by atoms with Gasteiger partial charge in [-0.15, -0.1) is 0 Å². The molecular formula is C22H29N3O4. The third-order valence-electron chi connectivity index (χ3n) is 5.70. The molecule has 0 unspecified atom stereocenters. The number of para-hydroxylation sites is 2. The van der Waals surface area contributed by atoms with Crippen LogP contribution in [-0.2, 0) is 20.8 Å². The highest BCUT2D eigenvalue weighted by Gasteiger charge is 2.43. The number of carbonyl (C=O) groups excluding carboxylic acids is 1. The predicted molar refractivity (Wildman–Crippen MR) is 109 cm³/mol. The lowest BCUT2D eigenvalue weighted by Crippen LogP contribution is -2.40. The van der Waals surface area contributed by atoms with Gasteiger partial charge in [0, 0.05) is 19.1 Å². The Morgan fingerprint density at radius 2 is 2.21 bits per heavy atom. The number of benzene rings is 1. The molecule has 0 radical (unpaired) electrons. The first-order chi connectivity index (χ1) is 14.2. The molecule has 0 spiro atoms. The first kappa shape index (κ1) is 19.9. The van der Waals surface area contributed by atoms with Gasteiger partial charge in [0.15, 0.2) is 5.76 Å². The lowest BCUT2D eigenvalue weighted by molar-refractivity contribution is -0.173. The number of imidazole rings is 1. The highest BCUT2D eigenvalue weighted by molar-refractivity contribution is 5.91. The maximum absolute atomic E-state index is 12.8. The van der Waals surface area contributed by atoms with Crippen LogP contribution in [0.2, 0.25) is 0 Å². The molecule has 3 N–H and O–H groups in total. The van der Waals surface area contributed by atoms with Crippen molar-refractivity contribution in [2.24, 2.45) is 17.8 Å². The zero-order chi connectivity index (χ0) is 20.2. The fourth-order valence-corrected chi connectivity index (χ4v) is 4.15. The summed E-state index contributed by atoms with van der Waals surface area (Å²) in [6.45, 7) is 2.90. The van der Waals surface area contributed by atoms with Gasteiger partial charge in [-0.1, -0.05) is 12.1 Å². The van der Waals surface area contributed by atoms with Gasteiger partial charge in [-0.2, -0.15) is 0 Å². The zero-order valence-corrected chi connectivity index (χ0v) is 16.8. The smallest absolute Gasteiger partial charge is 0.286 e. The van der Waals surface area contributed by atoms with Gasteiger partial charge in [0.05, 0.1) is 17.6 Å². The summed E-state index contributed by atoms with van der Waals surface area (Å²) in [5, 5.41) is 12.2. The Kier molecular flexibility index (Phi) is 6.16. The summed E-state index contributed by atoms with van der Waals surface area (Å²) in [7, 11) is 0. The standard InChI is InChI=1S/C22H29N3O4/c1-2-28-22-15(6-5-11-26)16(14-9-10-14)12-19(29-22)21(27)23-13-20-24-17-7-3-4-8-18(17)25-20/h3-4,7-8,12,14-16,22,26H,2,5-6,9-11,13H2,1H3,(H,23,27)(H,24,25)/t15-,16+,22+/m1/s1. The van der Waals surface area contributed by atoms with Crippen LogP contribution in [0, 0.1) is 17.8 Å². The fraction of sp³-hybridized carbons (Fsp3) is 0.545. The van der Waals surface area contributed by atoms with E-state index in [1.165, 1.54) is 12.8 Å². The Bertz CT molecular complexity index is 841. The van der Waals surface area contributed by atoms with Gasteiger partial charge >= 0.3 is 0 Å². The Hall–Kier alpha value is -2.38. The average molecular weight is 399 g/mol. The predicted octanol–water partition coefficient (Wildman–Crippen LogP) is 2.87. The molecule has 7 heteroatoms. The molecule has 3 atom stereocenters. The van der Waals surface area contributed by atoms with Crippen LogP contribution in [-0.4, -0.2) is 40.5 Å². The monoisotopic (exact) mass is 399 g/mol. The molecule has 156 valence electrons. The molecule has 0 bridgehead atoms. The van der Waals surface area contributed by atoms with Crippen molar-refractivity contribution in [3.05, 3.63) is 41.9 Å². The van der Waals surface area contributed by atoms with Crippen LogP contribution in [0.25, 0.3) is 11.0 Å². The molecule has 1 aliphatic carbocycles. The molecule has 2 aliphatic rings. The Balaban J connectivity index is 1.45. The first-order valence-corrected chi connectivity index (χ1v) is 10.5. The number of amides is 1. The number of aromatic amines is 1. The van der Waals surface area contributed by atoms with Crippen LogP contribution >= 0.6 is 0 Å². The largest absolute Gasteiger partial charge is 0.459 e. The number of aliphatic hydroxyl groups is 1. The molecule has 4 rings (SSSR count). The van der Waals surface area contributed by atoms with E-state index >= 15 is 0 Å². The molecule has 2 heterocycles. The number of rotatable bonds is 9. The molecule has 0 saturated heterocycles. The van der Waals surface area contributed by atoms with Crippen LogP contribution in [0.1, 0.15) is 38.4 Å². The van der Waals surface area contributed by atoms with Crippen molar-refractivity contribution in [2.75, 3.05) is 13.2 Å². The maximum Gasteiger partial charge on any atom is 0.286 e. The van der Waals surface area contributed by atoms with E-state index in [1.54, 1.807) is 0 Å². The van der Waals surface area contributed by atoms with Gasteiger partial charge < -0.3 is 24.9 Å². The number of allylic oxidation sites excluding steroid dienone is 1. The molecule has 1 saturated carbocycles. The fourth-order valence-electron chi connectivity index (χ4n) is 4.15. The molecular weight excluding hydrogens is 370 g/mol. The lowest BCUT2D eigenvalue weighted by atomic mass is 9.82. The highest BCUT2D eigenvalue weighted by atomic mass is 16.7. The normalized spacial score (nSPS) is 24.2. The van der Waals surface area contributed by atoms with Crippen LogP contribution in [0.5, 0.6) is 0 Å². The SMILES string of the molecule is CCO[C@H]1OC(C(=O)NCc2nc3ccccc3[nH]2)=C[C@@H](C2CC2)[C@H]1CCCO. The van der Waals surface area contributed by atoms with E-state index in [9.17, 15) is 9.90 Å². The van der Waals surface area contributed by atoms with Crippen molar-refractivity contribution in [2.45, 2.75) is 45.4 Å². The molecule has 1 aromatic heterocycles. The number of fused-ring (bicyclic) bond motifs is 1. The third-order valence-corrected chi connectivity index (χ3v) is 5.70. The molecule has 1 amide bonds. The number of aromatic nitrogens is 2. The van der Waals surface area contributed by atoms with Gasteiger partial charge in [-0.05, 0) is 62.7 Å². The first-order valence-electron chi connectivity index (χ1n) is 10.5. The quantitative estimate of drug-likeness (QED) is 0.603. The van der Waals surface area contributed by atoms with Crippen molar-refractivity contribution in [1.82, 2.24) is 15.3 Å². The number of hydrogen-bond acceptors (Lipinski definition) is 5. The third kappa shape index (κ3) is 4.62. The number of carbonyl (C=O) groups is 1. The molecule has 1 aliphatic heterocycles. The second-order valence-electron chi connectivity index (χ2n) is 7.80. The zero-order valence-electron chi connectivity index (χ0n) is 16.8. The summed E-state index contributed by atoms with van der Waals surface area (Å²) in [6.07, 6.45) is 5.40. The van der Waals surface area contributed by atoms with Crippen molar-refractivity contribution >= 4 is 16.9 Å². The Labute approximate surface area is 170 Å². The van der Waals surface area contributed by atoms with E-state index in [2.05, 4.69) is 15.3 Å². The average Bonchev–Trinajstić information content (AvgIpc) is 3.49. The Morgan fingerprint density at radius 3 is 2.93 bits per heavy atom. The molecule has 2 aromatic rings. The van der Waals surface area contributed by atoms with Crippen LogP contribution in [0.4, 0.5) is 0 Å². The van der Waals surface area contributed by atoms with Gasteiger partial charge in [-0.25, -0.2) is 4.98 Å². The number of H-pyrrole nitrogens is 1. The molecule has 7 nitrogen and oxygen atoms in total. The van der Waals surface area contributed by atoms with Gasteiger partial charge in [-0.3, -0.25) is 4.79 Å². The van der Waals surface area contributed by atoms with Crippen LogP contribution in [0.3, 0.4) is 0 Å². The molecule has 1 aromatic carbocycles. The number of ether oxygens (including phenoxy) is 2. The lowest BCUT2D eigenvalue weighted by Gasteiger charge is -2.37. The summed E-state index contributed by atoms with van der Waals surface area (Å²) in [5.74, 6) is 1.78.